The first-order valence-electron chi connectivity index (χ1n) is 8.40. The van der Waals surface area contributed by atoms with Crippen molar-refractivity contribution in [1.82, 2.24) is 25.1 Å². The molecule has 1 aromatic carbocycles. The summed E-state index contributed by atoms with van der Waals surface area (Å²) in [6, 6.07) is 5.66. The highest BCUT2D eigenvalue weighted by atomic mass is 19.1. The van der Waals surface area contributed by atoms with E-state index < -0.39 is 6.04 Å². The number of nitrogens with two attached hydrogens (primary N) is 1. The predicted molar refractivity (Wildman–Crippen MR) is 90.1 cm³/mol. The van der Waals surface area contributed by atoms with Crippen molar-refractivity contribution in [2.45, 2.75) is 32.7 Å². The number of rotatable bonds is 5. The Kier molecular flexibility index (Phi) is 4.80. The van der Waals surface area contributed by atoms with Crippen LogP contribution < -0.4 is 5.73 Å². The van der Waals surface area contributed by atoms with Gasteiger partial charge in [-0.3, -0.25) is 4.79 Å². The fourth-order valence-corrected chi connectivity index (χ4v) is 3.28. The number of aromatic nitrogens is 4. The molecule has 0 aliphatic carbocycles. The lowest BCUT2D eigenvalue weighted by Crippen LogP contribution is -2.40. The van der Waals surface area contributed by atoms with Gasteiger partial charge >= 0.3 is 0 Å². The molecule has 1 amide bonds. The summed E-state index contributed by atoms with van der Waals surface area (Å²) in [4.78, 5) is 15.0. The highest BCUT2D eigenvalue weighted by Gasteiger charge is 2.38. The minimum Gasteiger partial charge on any atom is -0.340 e. The molecule has 1 saturated heterocycles. The number of amides is 1. The van der Waals surface area contributed by atoms with E-state index in [4.69, 9.17) is 5.73 Å². The SMILES string of the molecule is Cc1nnnn1C(Cc1cccc(F)c1)C(=O)N1CCC(C)(CN)C1. The molecule has 0 radical (unpaired) electrons. The monoisotopic (exact) mass is 346 g/mol. The molecule has 1 fully saturated rings. The molecule has 0 bridgehead atoms. The number of nitrogens with zero attached hydrogens (tertiary/aromatic N) is 5. The molecule has 2 N–H and O–H groups in total. The summed E-state index contributed by atoms with van der Waals surface area (Å²) in [5.41, 5.74) is 6.52. The number of hydrogen-bond acceptors (Lipinski definition) is 5. The molecule has 2 atom stereocenters. The standard InChI is InChI=1S/C17H23FN6O/c1-12-20-21-22-24(12)15(9-13-4-3-5-14(18)8-13)16(25)23-7-6-17(2,10-19)11-23/h3-5,8,15H,6-7,9-11,19H2,1-2H3. The number of tetrazole rings is 1. The largest absolute Gasteiger partial charge is 0.340 e. The third-order valence-electron chi connectivity index (χ3n) is 4.92. The Balaban J connectivity index is 1.87. The molecule has 2 aromatic rings. The van der Waals surface area contributed by atoms with Gasteiger partial charge in [-0.05, 0) is 53.4 Å². The average molecular weight is 346 g/mol. The lowest BCUT2D eigenvalue weighted by molar-refractivity contribution is -0.134. The zero-order valence-corrected chi connectivity index (χ0v) is 14.5. The smallest absolute Gasteiger partial charge is 0.247 e. The molecular weight excluding hydrogens is 323 g/mol. The molecule has 1 aromatic heterocycles. The van der Waals surface area contributed by atoms with Crippen LogP contribution in [-0.2, 0) is 11.2 Å². The molecule has 8 heteroatoms. The topological polar surface area (TPSA) is 89.9 Å². The van der Waals surface area contributed by atoms with Gasteiger partial charge in [0.25, 0.3) is 0 Å². The predicted octanol–water partition coefficient (Wildman–Crippen LogP) is 1.10. The highest BCUT2D eigenvalue weighted by molar-refractivity contribution is 5.81. The van der Waals surface area contributed by atoms with Crippen LogP contribution in [0.3, 0.4) is 0 Å². The van der Waals surface area contributed by atoms with Crippen LogP contribution >= 0.6 is 0 Å². The molecule has 2 heterocycles. The first kappa shape index (κ1) is 17.5. The molecule has 134 valence electrons. The molecule has 3 rings (SSSR count). The summed E-state index contributed by atoms with van der Waals surface area (Å²) in [5.74, 6) is 0.168. The average Bonchev–Trinajstić information content (AvgIpc) is 3.19. The van der Waals surface area contributed by atoms with Crippen LogP contribution in [0.1, 0.15) is 30.8 Å². The summed E-state index contributed by atoms with van der Waals surface area (Å²) < 4.78 is 15.1. The number of carbonyl (C=O) groups is 1. The van der Waals surface area contributed by atoms with Gasteiger partial charge in [0.05, 0.1) is 0 Å². The maximum atomic E-state index is 13.5. The van der Waals surface area contributed by atoms with Crippen LogP contribution in [0, 0.1) is 18.2 Å². The summed E-state index contributed by atoms with van der Waals surface area (Å²) >= 11 is 0. The number of likely N-dealkylation sites (tertiary alicyclic amines) is 1. The van der Waals surface area contributed by atoms with Gasteiger partial charge in [-0.2, -0.15) is 0 Å². The molecule has 0 saturated carbocycles. The van der Waals surface area contributed by atoms with Crippen molar-refractivity contribution in [3.8, 4) is 0 Å². The van der Waals surface area contributed by atoms with E-state index in [0.717, 1.165) is 12.0 Å². The maximum Gasteiger partial charge on any atom is 0.247 e. The van der Waals surface area contributed by atoms with E-state index in [2.05, 4.69) is 22.4 Å². The van der Waals surface area contributed by atoms with Crippen molar-refractivity contribution in [2.24, 2.45) is 11.1 Å². The number of halogens is 1. The van der Waals surface area contributed by atoms with Gasteiger partial charge < -0.3 is 10.6 Å². The van der Waals surface area contributed by atoms with Gasteiger partial charge in [-0.15, -0.1) is 5.10 Å². The Morgan fingerprint density at radius 3 is 2.88 bits per heavy atom. The van der Waals surface area contributed by atoms with E-state index in [1.807, 2.05) is 4.90 Å². The van der Waals surface area contributed by atoms with Crippen LogP contribution in [0.5, 0.6) is 0 Å². The molecular formula is C17H23FN6O. The number of benzene rings is 1. The molecule has 1 aliphatic rings. The van der Waals surface area contributed by atoms with Gasteiger partial charge in [0, 0.05) is 19.5 Å². The van der Waals surface area contributed by atoms with Gasteiger partial charge in [0.15, 0.2) is 0 Å². The second kappa shape index (κ2) is 6.87. The minimum absolute atomic E-state index is 0.0585. The second-order valence-electron chi connectivity index (χ2n) is 7.05. The number of aryl methyl sites for hydroxylation is 1. The first-order valence-corrected chi connectivity index (χ1v) is 8.40. The van der Waals surface area contributed by atoms with Crippen molar-refractivity contribution in [1.29, 1.82) is 0 Å². The van der Waals surface area contributed by atoms with Crippen molar-refractivity contribution in [3.63, 3.8) is 0 Å². The second-order valence-corrected chi connectivity index (χ2v) is 7.05. The normalized spacial score (nSPS) is 21.5. The number of carbonyl (C=O) groups excluding carboxylic acids is 1. The quantitative estimate of drug-likeness (QED) is 0.876. The summed E-state index contributed by atoms with van der Waals surface area (Å²) in [7, 11) is 0. The third kappa shape index (κ3) is 3.68. The lowest BCUT2D eigenvalue weighted by atomic mass is 9.90. The zero-order valence-electron chi connectivity index (χ0n) is 14.5. The molecule has 2 unspecified atom stereocenters. The molecule has 0 spiro atoms. The number of hydrogen-bond donors (Lipinski definition) is 1. The Morgan fingerprint density at radius 2 is 2.28 bits per heavy atom. The van der Waals surface area contributed by atoms with E-state index in [1.165, 1.54) is 16.8 Å². The van der Waals surface area contributed by atoms with Crippen LogP contribution in [0.2, 0.25) is 0 Å². The summed E-state index contributed by atoms with van der Waals surface area (Å²) in [6.45, 7) is 5.65. The van der Waals surface area contributed by atoms with Crippen LogP contribution in [0.15, 0.2) is 24.3 Å². The van der Waals surface area contributed by atoms with Crippen LogP contribution in [-0.4, -0.2) is 50.6 Å². The van der Waals surface area contributed by atoms with E-state index in [-0.39, 0.29) is 17.1 Å². The van der Waals surface area contributed by atoms with Crippen LogP contribution in [0.4, 0.5) is 4.39 Å². The first-order chi connectivity index (χ1) is 11.9. The zero-order chi connectivity index (χ0) is 18.0. The lowest BCUT2D eigenvalue weighted by Gasteiger charge is -2.26. The van der Waals surface area contributed by atoms with Crippen molar-refractivity contribution in [2.75, 3.05) is 19.6 Å². The minimum atomic E-state index is -0.600. The third-order valence-corrected chi connectivity index (χ3v) is 4.92. The van der Waals surface area contributed by atoms with E-state index >= 15 is 0 Å². The Bertz CT molecular complexity index is 763. The van der Waals surface area contributed by atoms with Gasteiger partial charge in [-0.1, -0.05) is 19.1 Å². The Hall–Kier alpha value is -2.35. The van der Waals surface area contributed by atoms with Gasteiger partial charge in [-0.25, -0.2) is 9.07 Å². The van der Waals surface area contributed by atoms with Crippen molar-refractivity contribution >= 4 is 5.91 Å². The highest BCUT2D eigenvalue weighted by Crippen LogP contribution is 2.30. The van der Waals surface area contributed by atoms with E-state index in [9.17, 15) is 9.18 Å². The molecule has 25 heavy (non-hydrogen) atoms. The Labute approximate surface area is 146 Å². The van der Waals surface area contributed by atoms with Crippen molar-refractivity contribution < 1.29 is 9.18 Å². The van der Waals surface area contributed by atoms with Crippen molar-refractivity contribution in [3.05, 3.63) is 41.5 Å². The van der Waals surface area contributed by atoms with E-state index in [1.54, 1.807) is 19.1 Å². The summed E-state index contributed by atoms with van der Waals surface area (Å²) in [6.07, 6.45) is 1.20. The molecule has 1 aliphatic heterocycles. The summed E-state index contributed by atoms with van der Waals surface area (Å²) in [5, 5.41) is 11.5. The fourth-order valence-electron chi connectivity index (χ4n) is 3.28. The molecule has 7 nitrogen and oxygen atoms in total. The van der Waals surface area contributed by atoms with E-state index in [0.29, 0.717) is 31.9 Å². The van der Waals surface area contributed by atoms with Gasteiger partial charge in [0.1, 0.15) is 17.7 Å². The Morgan fingerprint density at radius 1 is 1.48 bits per heavy atom. The van der Waals surface area contributed by atoms with Gasteiger partial charge in [0.2, 0.25) is 5.91 Å². The van der Waals surface area contributed by atoms with Crippen LogP contribution in [0.25, 0.3) is 0 Å². The maximum absolute atomic E-state index is 13.5. The fraction of sp³-hybridized carbons (Fsp3) is 0.529.